The summed E-state index contributed by atoms with van der Waals surface area (Å²) in [6, 6.07) is 11.7. The van der Waals surface area contributed by atoms with E-state index in [0.717, 1.165) is 22.5 Å². The third-order valence-electron chi connectivity index (χ3n) is 4.95. The van der Waals surface area contributed by atoms with E-state index in [2.05, 4.69) is 18.4 Å². The number of hydrogen-bond donors (Lipinski definition) is 1. The fraction of sp³-hybridized carbons (Fsp3) is 0.278. The van der Waals surface area contributed by atoms with Gasteiger partial charge in [-0.3, -0.25) is 10.1 Å². The van der Waals surface area contributed by atoms with Crippen molar-refractivity contribution in [3.63, 3.8) is 0 Å². The zero-order chi connectivity index (χ0) is 18.4. The SMILES string of the molecule is CC1=[N+](Cc2ccc([N+](=O)[O-])cc2)c2ccc([SH](=O)=O)cc2C1(C)C. The Morgan fingerprint density at radius 3 is 2.32 bits per heavy atom. The van der Waals surface area contributed by atoms with Gasteiger partial charge in [0, 0.05) is 36.2 Å². The van der Waals surface area contributed by atoms with Gasteiger partial charge < -0.3 is 0 Å². The lowest BCUT2D eigenvalue weighted by molar-refractivity contribution is -0.456. The van der Waals surface area contributed by atoms with Crippen molar-refractivity contribution in [2.24, 2.45) is 0 Å². The fourth-order valence-corrected chi connectivity index (χ4v) is 3.63. The molecule has 6 nitrogen and oxygen atoms in total. The molecule has 0 aliphatic carbocycles. The predicted molar refractivity (Wildman–Crippen MR) is 95.5 cm³/mol. The summed E-state index contributed by atoms with van der Waals surface area (Å²) in [6.45, 7) is 6.74. The van der Waals surface area contributed by atoms with Crippen molar-refractivity contribution in [1.29, 1.82) is 0 Å². The molecule has 0 N–H and O–H groups in total. The first-order valence-electron chi connectivity index (χ1n) is 7.85. The summed E-state index contributed by atoms with van der Waals surface area (Å²) in [6.07, 6.45) is 0. The van der Waals surface area contributed by atoms with Crippen molar-refractivity contribution in [3.8, 4) is 0 Å². The lowest BCUT2D eigenvalue weighted by Crippen LogP contribution is -2.26. The largest absolute Gasteiger partial charge is 0.269 e. The molecule has 0 saturated heterocycles. The second-order valence-electron chi connectivity index (χ2n) is 6.68. The number of benzene rings is 2. The summed E-state index contributed by atoms with van der Waals surface area (Å²) in [5.41, 5.74) is 3.80. The smallest absolute Gasteiger partial charge is 0.258 e. The van der Waals surface area contributed by atoms with Gasteiger partial charge in [0.05, 0.1) is 15.2 Å². The van der Waals surface area contributed by atoms with Gasteiger partial charge in [0.2, 0.25) is 5.69 Å². The molecule has 0 fully saturated rings. The van der Waals surface area contributed by atoms with Crippen LogP contribution in [-0.2, 0) is 22.7 Å². The first-order valence-corrected chi connectivity index (χ1v) is 9.03. The second kappa shape index (κ2) is 6.07. The standard InChI is InChI=1S/C18H19N2O4S/c1-12-18(2,3)16-10-15(25(23)24)8-9-17(16)19(12)11-13-4-6-14(7-5-13)20(21)22/h4-10,25H,11H2,1-3H3/q+1. The van der Waals surface area contributed by atoms with Gasteiger partial charge in [0.15, 0.2) is 23.0 Å². The molecule has 0 unspecified atom stereocenters. The Labute approximate surface area is 147 Å². The summed E-state index contributed by atoms with van der Waals surface area (Å²) in [5, 5.41) is 10.8. The van der Waals surface area contributed by atoms with E-state index in [1.165, 1.54) is 12.1 Å². The number of thiol groups is 1. The fourth-order valence-electron chi connectivity index (χ4n) is 3.20. The third-order valence-corrected chi connectivity index (χ3v) is 5.65. The molecule has 0 atom stereocenters. The molecule has 3 rings (SSSR count). The zero-order valence-electron chi connectivity index (χ0n) is 14.2. The monoisotopic (exact) mass is 359 g/mol. The molecule has 0 aromatic heterocycles. The molecule has 0 spiro atoms. The van der Waals surface area contributed by atoms with Crippen molar-refractivity contribution in [1.82, 2.24) is 0 Å². The number of hydrogen-bond acceptors (Lipinski definition) is 4. The second-order valence-corrected chi connectivity index (χ2v) is 7.71. The normalized spacial score (nSPS) is 15.5. The third kappa shape index (κ3) is 2.95. The lowest BCUT2D eigenvalue weighted by atomic mass is 9.82. The van der Waals surface area contributed by atoms with Crippen LogP contribution in [0, 0.1) is 10.1 Å². The molecule has 0 amide bonds. The average molecular weight is 359 g/mol. The topological polar surface area (TPSA) is 80.3 Å². The Morgan fingerprint density at radius 2 is 1.76 bits per heavy atom. The average Bonchev–Trinajstić information content (AvgIpc) is 2.76. The van der Waals surface area contributed by atoms with Gasteiger partial charge in [-0.05, 0) is 38.1 Å². The molecule has 1 aliphatic rings. The van der Waals surface area contributed by atoms with E-state index < -0.39 is 15.6 Å². The van der Waals surface area contributed by atoms with Gasteiger partial charge in [0.25, 0.3) is 5.69 Å². The van der Waals surface area contributed by atoms with E-state index in [4.69, 9.17) is 0 Å². The highest BCUT2D eigenvalue weighted by Gasteiger charge is 2.43. The van der Waals surface area contributed by atoms with Crippen LogP contribution in [0.4, 0.5) is 11.4 Å². The molecular weight excluding hydrogens is 340 g/mol. The van der Waals surface area contributed by atoms with E-state index in [-0.39, 0.29) is 11.1 Å². The van der Waals surface area contributed by atoms with Crippen LogP contribution in [0.15, 0.2) is 47.4 Å². The van der Waals surface area contributed by atoms with Crippen molar-refractivity contribution in [3.05, 3.63) is 63.7 Å². The molecular formula is C18H19N2O4S+. The van der Waals surface area contributed by atoms with Crippen molar-refractivity contribution in [2.75, 3.05) is 0 Å². The van der Waals surface area contributed by atoms with Crippen LogP contribution in [0.3, 0.4) is 0 Å². The highest BCUT2D eigenvalue weighted by atomic mass is 32.2. The highest BCUT2D eigenvalue weighted by Crippen LogP contribution is 2.40. The number of fused-ring (bicyclic) bond motifs is 1. The predicted octanol–water partition coefficient (Wildman–Crippen LogP) is 3.16. The summed E-state index contributed by atoms with van der Waals surface area (Å²) in [5.74, 6) is 0. The van der Waals surface area contributed by atoms with Gasteiger partial charge in [-0.1, -0.05) is 0 Å². The van der Waals surface area contributed by atoms with Gasteiger partial charge in [0.1, 0.15) is 0 Å². The molecule has 0 saturated carbocycles. The number of non-ortho nitro benzene ring substituents is 1. The number of rotatable bonds is 4. The van der Waals surface area contributed by atoms with E-state index in [1.54, 1.807) is 24.3 Å². The van der Waals surface area contributed by atoms with Crippen molar-refractivity contribution < 1.29 is 17.9 Å². The molecule has 0 radical (unpaired) electrons. The van der Waals surface area contributed by atoms with Crippen molar-refractivity contribution in [2.45, 2.75) is 37.6 Å². The Bertz CT molecular complexity index is 965. The van der Waals surface area contributed by atoms with Crippen LogP contribution in [-0.4, -0.2) is 23.6 Å². The van der Waals surface area contributed by atoms with E-state index in [0.29, 0.717) is 11.4 Å². The van der Waals surface area contributed by atoms with Gasteiger partial charge in [-0.2, -0.15) is 4.58 Å². The molecule has 0 bridgehead atoms. The number of nitrogens with zero attached hydrogens (tertiary/aromatic N) is 2. The Hall–Kier alpha value is -2.54. The zero-order valence-corrected chi connectivity index (χ0v) is 15.1. The maximum Gasteiger partial charge on any atom is 0.269 e. The van der Waals surface area contributed by atoms with Gasteiger partial charge in [-0.15, -0.1) is 0 Å². The minimum absolute atomic E-state index is 0.0653. The Morgan fingerprint density at radius 1 is 1.12 bits per heavy atom. The van der Waals surface area contributed by atoms with E-state index in [9.17, 15) is 18.5 Å². The van der Waals surface area contributed by atoms with Crippen LogP contribution in [0.1, 0.15) is 31.9 Å². The molecule has 1 heterocycles. The van der Waals surface area contributed by atoms with Crippen LogP contribution in [0.2, 0.25) is 0 Å². The maximum absolute atomic E-state index is 11.3. The van der Waals surface area contributed by atoms with Crippen molar-refractivity contribution >= 4 is 27.8 Å². The Balaban J connectivity index is 2.02. The lowest BCUT2D eigenvalue weighted by Gasteiger charge is -2.15. The Kier molecular flexibility index (Phi) is 4.20. The number of nitro groups is 1. The summed E-state index contributed by atoms with van der Waals surface area (Å²) in [4.78, 5) is 10.7. The number of nitro benzene ring substituents is 1. The molecule has 7 heteroatoms. The molecule has 2 aromatic carbocycles. The highest BCUT2D eigenvalue weighted by molar-refractivity contribution is 7.72. The quantitative estimate of drug-likeness (QED) is 0.393. The molecule has 130 valence electrons. The van der Waals surface area contributed by atoms with Crippen LogP contribution >= 0.6 is 0 Å². The minimum Gasteiger partial charge on any atom is -0.258 e. The van der Waals surface area contributed by atoms with Gasteiger partial charge in [-0.25, -0.2) is 8.42 Å². The molecule has 2 aromatic rings. The van der Waals surface area contributed by atoms with E-state index in [1.807, 2.05) is 13.0 Å². The van der Waals surface area contributed by atoms with Gasteiger partial charge >= 0.3 is 0 Å². The molecule has 1 aliphatic heterocycles. The first kappa shape index (κ1) is 17.3. The first-order chi connectivity index (χ1) is 11.7. The summed E-state index contributed by atoms with van der Waals surface area (Å²) < 4.78 is 24.8. The minimum atomic E-state index is -2.62. The summed E-state index contributed by atoms with van der Waals surface area (Å²) in [7, 11) is -2.62. The maximum atomic E-state index is 11.3. The van der Waals surface area contributed by atoms with Crippen LogP contribution < -0.4 is 0 Å². The summed E-state index contributed by atoms with van der Waals surface area (Å²) >= 11 is 0. The van der Waals surface area contributed by atoms with Crippen LogP contribution in [0.5, 0.6) is 0 Å². The van der Waals surface area contributed by atoms with Crippen LogP contribution in [0.25, 0.3) is 0 Å². The van der Waals surface area contributed by atoms with E-state index >= 15 is 0 Å². The molecule has 25 heavy (non-hydrogen) atoms.